The van der Waals surface area contributed by atoms with Crippen molar-refractivity contribution in [2.24, 2.45) is 17.1 Å². The quantitative estimate of drug-likeness (QED) is 0.756. The number of halogens is 1. The van der Waals surface area contributed by atoms with E-state index >= 15 is 0 Å². The fourth-order valence-electron chi connectivity index (χ4n) is 3.04. The van der Waals surface area contributed by atoms with Crippen LogP contribution in [0.3, 0.4) is 0 Å². The van der Waals surface area contributed by atoms with Gasteiger partial charge in [0.15, 0.2) is 0 Å². The molecule has 114 valence electrons. The molecule has 1 aliphatic rings. The van der Waals surface area contributed by atoms with E-state index in [1.807, 2.05) is 0 Å². The third-order valence-corrected chi connectivity index (χ3v) is 5.08. The van der Waals surface area contributed by atoms with Crippen LogP contribution in [0, 0.1) is 11.3 Å². The van der Waals surface area contributed by atoms with Gasteiger partial charge in [0.25, 0.3) is 0 Å². The monoisotopic (exact) mass is 290 g/mol. The molecule has 3 nitrogen and oxygen atoms in total. The highest BCUT2D eigenvalue weighted by atomic mass is 35.5. The van der Waals surface area contributed by atoms with E-state index in [9.17, 15) is 4.79 Å². The zero-order chi connectivity index (χ0) is 13.6. The molecule has 0 spiro atoms. The number of amides is 1. The van der Waals surface area contributed by atoms with Gasteiger partial charge in [-0.3, -0.25) is 4.79 Å². The summed E-state index contributed by atoms with van der Waals surface area (Å²) in [7, 11) is 0. The molecule has 0 aromatic rings. The van der Waals surface area contributed by atoms with Crippen LogP contribution in [0.4, 0.5) is 0 Å². The first-order valence-electron chi connectivity index (χ1n) is 7.59. The SMILES string of the molecule is CCC(CC)(CC)CNC(=O)C[C@@H]1CCC[C@H]1N.Cl. The van der Waals surface area contributed by atoms with Crippen LogP contribution in [0.15, 0.2) is 0 Å². The van der Waals surface area contributed by atoms with Gasteiger partial charge in [-0.2, -0.15) is 0 Å². The van der Waals surface area contributed by atoms with E-state index in [1.54, 1.807) is 0 Å². The fourth-order valence-corrected chi connectivity index (χ4v) is 3.04. The summed E-state index contributed by atoms with van der Waals surface area (Å²) in [4.78, 5) is 12.0. The molecule has 0 aromatic carbocycles. The first kappa shape index (κ1) is 18.7. The molecule has 0 heterocycles. The Morgan fingerprint density at radius 3 is 2.21 bits per heavy atom. The Labute approximate surface area is 124 Å². The Balaban J connectivity index is 0.00000324. The van der Waals surface area contributed by atoms with Gasteiger partial charge in [0.2, 0.25) is 5.91 Å². The molecule has 1 amide bonds. The molecule has 0 saturated heterocycles. The molecule has 3 N–H and O–H groups in total. The molecular weight excluding hydrogens is 260 g/mol. The Morgan fingerprint density at radius 2 is 1.79 bits per heavy atom. The lowest BCUT2D eigenvalue weighted by Crippen LogP contribution is -2.38. The summed E-state index contributed by atoms with van der Waals surface area (Å²) in [5, 5.41) is 3.13. The Kier molecular flexibility index (Phi) is 8.67. The first-order valence-corrected chi connectivity index (χ1v) is 7.59. The molecule has 2 atom stereocenters. The maximum atomic E-state index is 12.0. The third kappa shape index (κ3) is 5.31. The van der Waals surface area contributed by atoms with E-state index in [0.29, 0.717) is 12.3 Å². The second kappa shape index (κ2) is 8.80. The number of hydrogen-bond acceptors (Lipinski definition) is 2. The summed E-state index contributed by atoms with van der Waals surface area (Å²) in [5.41, 5.74) is 6.29. The van der Waals surface area contributed by atoms with Crippen LogP contribution in [0.5, 0.6) is 0 Å². The van der Waals surface area contributed by atoms with Crippen molar-refractivity contribution in [3.63, 3.8) is 0 Å². The van der Waals surface area contributed by atoms with Crippen LogP contribution >= 0.6 is 12.4 Å². The van der Waals surface area contributed by atoms with Gasteiger partial charge in [0.1, 0.15) is 0 Å². The second-order valence-corrected chi connectivity index (χ2v) is 5.90. The molecule has 0 radical (unpaired) electrons. The molecule has 4 heteroatoms. The third-order valence-electron chi connectivity index (χ3n) is 5.08. The Bertz CT molecular complexity index is 259. The van der Waals surface area contributed by atoms with Crippen molar-refractivity contribution in [3.8, 4) is 0 Å². The van der Waals surface area contributed by atoms with Crippen molar-refractivity contribution in [1.82, 2.24) is 5.32 Å². The lowest BCUT2D eigenvalue weighted by molar-refractivity contribution is -0.122. The smallest absolute Gasteiger partial charge is 0.220 e. The number of rotatable bonds is 7. The summed E-state index contributed by atoms with van der Waals surface area (Å²) in [6.07, 6.45) is 7.39. The zero-order valence-electron chi connectivity index (χ0n) is 12.7. The number of carbonyl (C=O) groups excluding carboxylic acids is 1. The number of nitrogens with two attached hydrogens (primary N) is 1. The van der Waals surface area contributed by atoms with Crippen LogP contribution in [-0.2, 0) is 4.79 Å². The van der Waals surface area contributed by atoms with Crippen molar-refractivity contribution >= 4 is 18.3 Å². The van der Waals surface area contributed by atoms with Gasteiger partial charge >= 0.3 is 0 Å². The molecule has 1 aliphatic carbocycles. The Morgan fingerprint density at radius 1 is 1.21 bits per heavy atom. The lowest BCUT2D eigenvalue weighted by atomic mass is 9.80. The minimum absolute atomic E-state index is 0. The topological polar surface area (TPSA) is 55.1 Å². The van der Waals surface area contributed by atoms with Gasteiger partial charge < -0.3 is 11.1 Å². The number of carbonyl (C=O) groups is 1. The second-order valence-electron chi connectivity index (χ2n) is 5.90. The predicted octanol–water partition coefficient (Wildman–Crippen LogP) is 3.26. The van der Waals surface area contributed by atoms with Gasteiger partial charge in [0.05, 0.1) is 0 Å². The average Bonchev–Trinajstić information content (AvgIpc) is 2.77. The summed E-state index contributed by atoms with van der Waals surface area (Å²) in [5.74, 6) is 0.598. The Hall–Kier alpha value is -0.280. The molecule has 1 rings (SSSR count). The first-order chi connectivity index (χ1) is 8.56. The highest BCUT2D eigenvalue weighted by Gasteiger charge is 2.28. The molecule has 19 heavy (non-hydrogen) atoms. The zero-order valence-corrected chi connectivity index (χ0v) is 13.5. The number of hydrogen-bond donors (Lipinski definition) is 2. The summed E-state index contributed by atoms with van der Waals surface area (Å²) < 4.78 is 0. The van der Waals surface area contributed by atoms with Crippen LogP contribution < -0.4 is 11.1 Å². The van der Waals surface area contributed by atoms with Gasteiger partial charge in [0, 0.05) is 19.0 Å². The van der Waals surface area contributed by atoms with Gasteiger partial charge in [-0.15, -0.1) is 12.4 Å². The maximum absolute atomic E-state index is 12.0. The standard InChI is InChI=1S/C15H30N2O.ClH/c1-4-15(5-2,6-3)11-17-14(18)10-12-8-7-9-13(12)16;/h12-13H,4-11,16H2,1-3H3,(H,17,18);1H/t12-,13+;/m0./s1. The normalized spacial score (nSPS) is 22.9. The molecule has 0 unspecified atom stereocenters. The van der Waals surface area contributed by atoms with E-state index in [-0.39, 0.29) is 29.8 Å². The van der Waals surface area contributed by atoms with Crippen molar-refractivity contribution in [2.45, 2.75) is 71.8 Å². The highest BCUT2D eigenvalue weighted by molar-refractivity contribution is 5.85. The van der Waals surface area contributed by atoms with E-state index in [0.717, 1.165) is 38.6 Å². The summed E-state index contributed by atoms with van der Waals surface area (Å²) in [6, 6.07) is 0.240. The summed E-state index contributed by atoms with van der Waals surface area (Å²) >= 11 is 0. The van der Waals surface area contributed by atoms with Crippen molar-refractivity contribution < 1.29 is 4.79 Å². The van der Waals surface area contributed by atoms with Gasteiger partial charge in [-0.05, 0) is 43.4 Å². The molecule has 0 aromatic heterocycles. The molecule has 1 saturated carbocycles. The highest BCUT2D eigenvalue weighted by Crippen LogP contribution is 2.30. The van der Waals surface area contributed by atoms with E-state index < -0.39 is 0 Å². The van der Waals surface area contributed by atoms with Crippen LogP contribution in [0.25, 0.3) is 0 Å². The molecule has 0 aliphatic heterocycles. The molecular formula is C15H31ClN2O. The lowest BCUT2D eigenvalue weighted by Gasteiger charge is -2.30. The van der Waals surface area contributed by atoms with Crippen molar-refractivity contribution in [3.05, 3.63) is 0 Å². The average molecular weight is 291 g/mol. The van der Waals surface area contributed by atoms with E-state index in [2.05, 4.69) is 26.1 Å². The van der Waals surface area contributed by atoms with E-state index in [4.69, 9.17) is 5.73 Å². The maximum Gasteiger partial charge on any atom is 0.220 e. The molecule has 0 bridgehead atoms. The van der Waals surface area contributed by atoms with Crippen LogP contribution in [0.1, 0.15) is 65.7 Å². The predicted molar refractivity (Wildman–Crippen MR) is 83.5 cm³/mol. The molecule has 1 fully saturated rings. The largest absolute Gasteiger partial charge is 0.356 e. The fraction of sp³-hybridized carbons (Fsp3) is 0.933. The summed E-state index contributed by atoms with van der Waals surface area (Å²) in [6.45, 7) is 7.46. The minimum atomic E-state index is 0. The van der Waals surface area contributed by atoms with Crippen molar-refractivity contribution in [1.29, 1.82) is 0 Å². The van der Waals surface area contributed by atoms with Crippen molar-refractivity contribution in [2.75, 3.05) is 6.54 Å². The van der Waals surface area contributed by atoms with E-state index in [1.165, 1.54) is 6.42 Å². The number of nitrogens with one attached hydrogen (secondary N) is 1. The van der Waals surface area contributed by atoms with Crippen LogP contribution in [-0.4, -0.2) is 18.5 Å². The minimum Gasteiger partial charge on any atom is -0.356 e. The van der Waals surface area contributed by atoms with Gasteiger partial charge in [-0.1, -0.05) is 27.2 Å². The van der Waals surface area contributed by atoms with Crippen LogP contribution in [0.2, 0.25) is 0 Å². The van der Waals surface area contributed by atoms with Gasteiger partial charge in [-0.25, -0.2) is 0 Å².